The van der Waals surface area contributed by atoms with Gasteiger partial charge in [-0.05, 0) is 25.5 Å². The van der Waals surface area contributed by atoms with Crippen molar-refractivity contribution < 1.29 is 29.0 Å². The summed E-state index contributed by atoms with van der Waals surface area (Å²) >= 11 is 6.08. The summed E-state index contributed by atoms with van der Waals surface area (Å²) in [4.78, 5) is 34.7. The van der Waals surface area contributed by atoms with Crippen molar-refractivity contribution in [2.75, 3.05) is 13.7 Å². The van der Waals surface area contributed by atoms with E-state index in [1.807, 2.05) is 6.92 Å². The Kier molecular flexibility index (Phi) is 7.05. The number of ether oxygens (including phenoxy) is 2. The molecule has 1 unspecified atom stereocenters. The zero-order valence-corrected chi connectivity index (χ0v) is 15.0. The van der Waals surface area contributed by atoms with E-state index in [1.165, 1.54) is 26.2 Å². The van der Waals surface area contributed by atoms with E-state index in [-0.39, 0.29) is 28.5 Å². The van der Waals surface area contributed by atoms with Crippen LogP contribution in [0.5, 0.6) is 11.5 Å². The van der Waals surface area contributed by atoms with E-state index in [9.17, 15) is 19.5 Å². The molecule has 0 spiro atoms. The van der Waals surface area contributed by atoms with Crippen LogP contribution < -0.4 is 20.5 Å². The maximum absolute atomic E-state index is 12.4. The molecule has 0 aliphatic heterocycles. The van der Waals surface area contributed by atoms with Gasteiger partial charge < -0.3 is 25.6 Å². The lowest BCUT2D eigenvalue weighted by Gasteiger charge is -2.26. The van der Waals surface area contributed by atoms with Crippen molar-refractivity contribution in [3.8, 4) is 11.5 Å². The number of nitrogens with two attached hydrogens (primary N) is 1. The zero-order valence-electron chi connectivity index (χ0n) is 14.2. The molecule has 0 aliphatic carbocycles. The van der Waals surface area contributed by atoms with Crippen molar-refractivity contribution in [2.24, 2.45) is 5.73 Å². The molecule has 0 bridgehead atoms. The van der Waals surface area contributed by atoms with E-state index in [4.69, 9.17) is 26.8 Å². The van der Waals surface area contributed by atoms with Crippen LogP contribution in [-0.4, -0.2) is 42.1 Å². The predicted octanol–water partition coefficient (Wildman–Crippen LogP) is 1.59. The number of aliphatic carboxylic acids is 1. The van der Waals surface area contributed by atoms with Gasteiger partial charge in [0, 0.05) is 5.56 Å². The molecule has 1 atom stereocenters. The van der Waals surface area contributed by atoms with Crippen LogP contribution in [0.25, 0.3) is 0 Å². The van der Waals surface area contributed by atoms with Crippen molar-refractivity contribution in [1.82, 2.24) is 5.32 Å². The van der Waals surface area contributed by atoms with E-state index in [1.54, 1.807) is 0 Å². The summed E-state index contributed by atoms with van der Waals surface area (Å²) in [6, 6.07) is 2.63. The fraction of sp³-hybridized carbons (Fsp3) is 0.438. The Morgan fingerprint density at radius 1 is 1.36 bits per heavy atom. The molecule has 0 radical (unpaired) electrons. The summed E-state index contributed by atoms with van der Waals surface area (Å²) in [6.07, 6.45) is 0.839. The van der Waals surface area contributed by atoms with Crippen molar-refractivity contribution in [1.29, 1.82) is 0 Å². The van der Waals surface area contributed by atoms with Gasteiger partial charge in [-0.3, -0.25) is 9.59 Å². The largest absolute Gasteiger partial charge is 0.493 e. The van der Waals surface area contributed by atoms with Crippen molar-refractivity contribution in [3.05, 3.63) is 22.7 Å². The third-order valence-electron chi connectivity index (χ3n) is 3.46. The molecule has 138 valence electrons. The molecule has 1 rings (SSSR count). The second-order valence-electron chi connectivity index (χ2n) is 5.59. The normalized spacial score (nSPS) is 12.8. The Hall–Kier alpha value is -2.48. The fourth-order valence-corrected chi connectivity index (χ4v) is 2.45. The predicted molar refractivity (Wildman–Crippen MR) is 91.1 cm³/mol. The maximum atomic E-state index is 12.4. The molecule has 1 aromatic rings. The summed E-state index contributed by atoms with van der Waals surface area (Å²) in [5, 5.41) is 11.9. The van der Waals surface area contributed by atoms with Gasteiger partial charge in [0.25, 0.3) is 11.8 Å². The molecule has 0 heterocycles. The topological polar surface area (TPSA) is 128 Å². The number of methoxy groups -OCH3 is 1. The highest BCUT2D eigenvalue weighted by Crippen LogP contribution is 2.36. The number of nitrogens with one attached hydrogen (secondary N) is 1. The number of carbonyl (C=O) groups is 3. The van der Waals surface area contributed by atoms with Crippen LogP contribution >= 0.6 is 11.6 Å². The van der Waals surface area contributed by atoms with Gasteiger partial charge in [-0.15, -0.1) is 0 Å². The smallest absolute Gasteiger partial charge is 0.329 e. The van der Waals surface area contributed by atoms with Crippen LogP contribution in [0.4, 0.5) is 0 Å². The molecule has 2 amide bonds. The highest BCUT2D eigenvalue weighted by molar-refractivity contribution is 6.32. The maximum Gasteiger partial charge on any atom is 0.329 e. The standard InChI is InChI=1S/C16H21ClN2O6/c1-4-5-16(2,15(22)23)19-14(21)9-6-10(17)13(11(7-9)24-3)25-8-12(18)20/h6-7H,4-5,8H2,1-3H3,(H2,18,20)(H,19,21)(H,22,23). The third kappa shape index (κ3) is 5.25. The van der Waals surface area contributed by atoms with Gasteiger partial charge in [0.2, 0.25) is 0 Å². The Morgan fingerprint density at radius 2 is 2.00 bits per heavy atom. The second-order valence-corrected chi connectivity index (χ2v) is 5.99. The number of halogens is 1. The monoisotopic (exact) mass is 372 g/mol. The molecule has 0 aliphatic rings. The van der Waals surface area contributed by atoms with Crippen LogP contribution in [0.15, 0.2) is 12.1 Å². The van der Waals surface area contributed by atoms with Crippen molar-refractivity contribution in [2.45, 2.75) is 32.2 Å². The van der Waals surface area contributed by atoms with Gasteiger partial charge in [0.1, 0.15) is 5.54 Å². The first kappa shape index (κ1) is 20.6. The molecule has 9 heteroatoms. The van der Waals surface area contributed by atoms with Gasteiger partial charge in [-0.25, -0.2) is 4.79 Å². The first-order valence-electron chi connectivity index (χ1n) is 7.49. The Bertz CT molecular complexity index is 679. The summed E-state index contributed by atoms with van der Waals surface area (Å²) in [7, 11) is 1.34. The van der Waals surface area contributed by atoms with Crippen LogP contribution in [0.1, 0.15) is 37.0 Å². The molecule has 25 heavy (non-hydrogen) atoms. The number of hydrogen-bond donors (Lipinski definition) is 3. The minimum atomic E-state index is -1.41. The molecule has 0 saturated heterocycles. The molecule has 0 aromatic heterocycles. The number of carboxylic acid groups (broad SMARTS) is 1. The van der Waals surface area contributed by atoms with E-state index < -0.39 is 29.9 Å². The summed E-state index contributed by atoms with van der Waals surface area (Å²) < 4.78 is 10.3. The lowest BCUT2D eigenvalue weighted by molar-refractivity contribution is -0.144. The van der Waals surface area contributed by atoms with E-state index >= 15 is 0 Å². The summed E-state index contributed by atoms with van der Waals surface area (Å²) in [6.45, 7) is 2.84. The third-order valence-corrected chi connectivity index (χ3v) is 3.74. The average Bonchev–Trinajstić information content (AvgIpc) is 2.52. The molecule has 0 fully saturated rings. The Balaban J connectivity index is 3.13. The average molecular weight is 373 g/mol. The SMILES string of the molecule is CCCC(C)(NC(=O)c1cc(Cl)c(OCC(N)=O)c(OC)c1)C(=O)O. The number of carbonyl (C=O) groups excluding carboxylic acids is 2. The van der Waals surface area contributed by atoms with Gasteiger partial charge in [-0.2, -0.15) is 0 Å². The van der Waals surface area contributed by atoms with Crippen LogP contribution in [0.3, 0.4) is 0 Å². The highest BCUT2D eigenvalue weighted by Gasteiger charge is 2.34. The van der Waals surface area contributed by atoms with E-state index in [2.05, 4.69) is 5.32 Å². The minimum absolute atomic E-state index is 0.0262. The van der Waals surface area contributed by atoms with E-state index in [0.29, 0.717) is 6.42 Å². The number of amides is 2. The molecule has 1 aromatic carbocycles. The summed E-state index contributed by atoms with van der Waals surface area (Å²) in [5.74, 6) is -2.28. The minimum Gasteiger partial charge on any atom is -0.493 e. The first-order chi connectivity index (χ1) is 11.6. The van der Waals surface area contributed by atoms with Crippen molar-refractivity contribution >= 4 is 29.4 Å². The van der Waals surface area contributed by atoms with Crippen LogP contribution in [-0.2, 0) is 9.59 Å². The van der Waals surface area contributed by atoms with Crippen molar-refractivity contribution in [3.63, 3.8) is 0 Å². The van der Waals surface area contributed by atoms with E-state index in [0.717, 1.165) is 0 Å². The van der Waals surface area contributed by atoms with Crippen LogP contribution in [0.2, 0.25) is 5.02 Å². The lowest BCUT2D eigenvalue weighted by atomic mass is 9.95. The quantitative estimate of drug-likeness (QED) is 0.603. The van der Waals surface area contributed by atoms with Gasteiger partial charge >= 0.3 is 5.97 Å². The summed E-state index contributed by atoms with van der Waals surface area (Å²) in [5.41, 5.74) is 3.70. The molecular weight excluding hydrogens is 352 g/mol. The number of benzene rings is 1. The Morgan fingerprint density at radius 3 is 2.48 bits per heavy atom. The number of rotatable bonds is 9. The first-order valence-corrected chi connectivity index (χ1v) is 7.87. The number of hydrogen-bond acceptors (Lipinski definition) is 5. The highest BCUT2D eigenvalue weighted by atomic mass is 35.5. The molecular formula is C16H21ClN2O6. The van der Waals surface area contributed by atoms with Crippen LogP contribution in [0, 0.1) is 0 Å². The number of primary amides is 1. The molecule has 4 N–H and O–H groups in total. The Labute approximate surface area is 150 Å². The van der Waals surface area contributed by atoms with Gasteiger partial charge in [0.05, 0.1) is 12.1 Å². The molecule has 8 nitrogen and oxygen atoms in total. The fourth-order valence-electron chi connectivity index (χ4n) is 2.18. The zero-order chi connectivity index (χ0) is 19.2. The molecule has 0 saturated carbocycles. The lowest BCUT2D eigenvalue weighted by Crippen LogP contribution is -2.52. The number of carboxylic acids is 1. The van der Waals surface area contributed by atoms with Gasteiger partial charge in [-0.1, -0.05) is 24.9 Å². The second kappa shape index (κ2) is 8.57. The van der Waals surface area contributed by atoms with Gasteiger partial charge in [0.15, 0.2) is 18.1 Å².